The maximum absolute atomic E-state index is 13.3. The Morgan fingerprint density at radius 3 is 2.49 bits per heavy atom. The largest absolute Gasteiger partial charge is 0.444 e. The molecule has 10 heteroatoms. The van der Waals surface area contributed by atoms with Crippen LogP contribution in [0.5, 0.6) is 0 Å². The molecule has 1 N–H and O–H groups in total. The van der Waals surface area contributed by atoms with E-state index in [0.29, 0.717) is 16.6 Å². The molecule has 0 radical (unpaired) electrons. The molecule has 8 nitrogen and oxygen atoms in total. The monoisotopic (exact) mass is 512 g/mol. The number of nitrogens with zero attached hydrogens (tertiary/aromatic N) is 3. The molecule has 0 spiro atoms. The molecule has 0 aliphatic carbocycles. The van der Waals surface area contributed by atoms with Gasteiger partial charge < -0.3 is 10.1 Å². The van der Waals surface area contributed by atoms with E-state index >= 15 is 0 Å². The number of nitrogens with one attached hydrogen (secondary N) is 1. The number of carbonyl (C=O) groups excluding carboxylic acids is 1. The van der Waals surface area contributed by atoms with Crippen LogP contribution in [0.15, 0.2) is 65.7 Å². The van der Waals surface area contributed by atoms with Crippen molar-refractivity contribution in [1.29, 1.82) is 0 Å². The van der Waals surface area contributed by atoms with Crippen molar-refractivity contribution < 1.29 is 17.9 Å². The summed E-state index contributed by atoms with van der Waals surface area (Å²) in [7, 11) is -3.89. The summed E-state index contributed by atoms with van der Waals surface area (Å²) in [6, 6.07) is 15.6. The van der Waals surface area contributed by atoms with E-state index in [0.717, 1.165) is 15.1 Å². The van der Waals surface area contributed by atoms with Gasteiger partial charge in [-0.05, 0) is 69.1 Å². The molecule has 2 aromatic heterocycles. The van der Waals surface area contributed by atoms with Crippen LogP contribution in [0.4, 0.5) is 4.79 Å². The molecular weight excluding hydrogens is 488 g/mol. The highest BCUT2D eigenvalue weighted by Gasteiger charge is 2.22. The van der Waals surface area contributed by atoms with Crippen LogP contribution in [0, 0.1) is 6.92 Å². The molecule has 4 rings (SSSR count). The Kier molecular flexibility index (Phi) is 6.57. The number of aryl methyl sites for hydroxylation is 1. The Labute approximate surface area is 209 Å². The molecule has 182 valence electrons. The zero-order valence-electron chi connectivity index (χ0n) is 19.7. The number of amides is 1. The highest BCUT2D eigenvalue weighted by atomic mass is 35.5. The van der Waals surface area contributed by atoms with E-state index in [-0.39, 0.29) is 22.4 Å². The quantitative estimate of drug-likeness (QED) is 0.363. The maximum Gasteiger partial charge on any atom is 0.407 e. The molecule has 0 saturated heterocycles. The van der Waals surface area contributed by atoms with Gasteiger partial charge in [0.05, 0.1) is 10.6 Å². The van der Waals surface area contributed by atoms with Gasteiger partial charge in [0.25, 0.3) is 10.0 Å². The van der Waals surface area contributed by atoms with E-state index in [2.05, 4.69) is 15.3 Å². The molecule has 0 bridgehead atoms. The van der Waals surface area contributed by atoms with E-state index in [4.69, 9.17) is 16.3 Å². The van der Waals surface area contributed by atoms with E-state index < -0.39 is 21.7 Å². The van der Waals surface area contributed by atoms with Crippen molar-refractivity contribution in [2.24, 2.45) is 0 Å². The number of halogens is 1. The number of rotatable bonds is 5. The second-order valence-electron chi connectivity index (χ2n) is 9.06. The molecule has 0 fully saturated rings. The van der Waals surface area contributed by atoms with Crippen LogP contribution in [-0.2, 0) is 21.3 Å². The maximum atomic E-state index is 13.3. The zero-order chi connectivity index (χ0) is 25.4. The highest BCUT2D eigenvalue weighted by molar-refractivity contribution is 7.90. The summed E-state index contributed by atoms with van der Waals surface area (Å²) in [6.07, 6.45) is 0.927. The number of hydrogen-bond acceptors (Lipinski definition) is 6. The molecule has 1 amide bonds. The number of fused-ring (bicyclic) bond motifs is 1. The average molecular weight is 513 g/mol. The molecule has 0 unspecified atom stereocenters. The van der Waals surface area contributed by atoms with Crippen LogP contribution >= 0.6 is 11.6 Å². The van der Waals surface area contributed by atoms with Crippen LogP contribution in [-0.4, -0.2) is 34.1 Å². The summed E-state index contributed by atoms with van der Waals surface area (Å²) < 4.78 is 33.0. The minimum absolute atomic E-state index is 0.0798. The zero-order valence-corrected chi connectivity index (χ0v) is 21.3. The van der Waals surface area contributed by atoms with Crippen LogP contribution in [0.1, 0.15) is 31.9 Å². The second-order valence-corrected chi connectivity index (χ2v) is 11.2. The first-order valence-corrected chi connectivity index (χ1v) is 12.7. The summed E-state index contributed by atoms with van der Waals surface area (Å²) >= 11 is 6.22. The second kappa shape index (κ2) is 9.31. The standard InChI is InChI=1S/C25H25ClN4O4S/c1-16-8-10-19(11-9-16)35(32,33)30-13-12-20-21(28-23(26)29-22(20)30)18-7-5-6-17(14-18)15-27-24(31)34-25(2,3)4/h5-14H,15H2,1-4H3,(H,27,31). The highest BCUT2D eigenvalue weighted by Crippen LogP contribution is 2.30. The molecule has 0 saturated carbocycles. The fourth-order valence-corrected chi connectivity index (χ4v) is 4.98. The van der Waals surface area contributed by atoms with Gasteiger partial charge in [0.15, 0.2) is 5.65 Å². The van der Waals surface area contributed by atoms with Crippen LogP contribution in [0.2, 0.25) is 5.28 Å². The molecule has 35 heavy (non-hydrogen) atoms. The van der Waals surface area contributed by atoms with E-state index in [9.17, 15) is 13.2 Å². The molecule has 4 aromatic rings. The Balaban J connectivity index is 1.70. The summed E-state index contributed by atoms with van der Waals surface area (Å²) in [5.41, 5.74) is 2.53. The summed E-state index contributed by atoms with van der Waals surface area (Å²) in [6.45, 7) is 7.51. The first-order chi connectivity index (χ1) is 16.4. The molecule has 2 heterocycles. The van der Waals surface area contributed by atoms with Gasteiger partial charge in [-0.15, -0.1) is 0 Å². The van der Waals surface area contributed by atoms with Crippen molar-refractivity contribution in [3.8, 4) is 11.3 Å². The summed E-state index contributed by atoms with van der Waals surface area (Å²) in [5, 5.41) is 3.18. The number of hydrogen-bond donors (Lipinski definition) is 1. The predicted molar refractivity (Wildman–Crippen MR) is 135 cm³/mol. The van der Waals surface area contributed by atoms with Crippen molar-refractivity contribution in [2.75, 3.05) is 0 Å². The number of ether oxygens (including phenoxy) is 1. The first kappa shape index (κ1) is 24.7. The SMILES string of the molecule is Cc1ccc(S(=O)(=O)n2ccc3c(-c4cccc(CNC(=O)OC(C)(C)C)c4)nc(Cl)nc32)cc1. The number of alkyl carbamates (subject to hydrolysis) is 1. The van der Waals surface area contributed by atoms with Crippen molar-refractivity contribution >= 4 is 38.8 Å². The fourth-order valence-electron chi connectivity index (χ4n) is 3.52. The summed E-state index contributed by atoms with van der Waals surface area (Å²) in [4.78, 5) is 20.7. The van der Waals surface area contributed by atoms with Gasteiger partial charge in [0, 0.05) is 23.7 Å². The van der Waals surface area contributed by atoms with Gasteiger partial charge in [-0.3, -0.25) is 0 Å². The van der Waals surface area contributed by atoms with Crippen LogP contribution in [0.3, 0.4) is 0 Å². The topological polar surface area (TPSA) is 103 Å². The molecule has 0 aliphatic heterocycles. The Bertz CT molecular complexity index is 1510. The number of carbonyl (C=O) groups is 1. The van der Waals surface area contributed by atoms with Gasteiger partial charge in [-0.1, -0.05) is 35.9 Å². The van der Waals surface area contributed by atoms with Gasteiger partial charge in [0.1, 0.15) is 5.60 Å². The Hall–Kier alpha value is -3.43. The van der Waals surface area contributed by atoms with E-state index in [1.807, 2.05) is 31.2 Å². The third-order valence-corrected chi connectivity index (χ3v) is 6.95. The Morgan fingerprint density at radius 2 is 1.80 bits per heavy atom. The minimum Gasteiger partial charge on any atom is -0.444 e. The summed E-state index contributed by atoms with van der Waals surface area (Å²) in [5.74, 6) is 0. The lowest BCUT2D eigenvalue weighted by molar-refractivity contribution is 0.0523. The first-order valence-electron chi connectivity index (χ1n) is 10.9. The van der Waals surface area contributed by atoms with Crippen molar-refractivity contribution in [3.05, 3.63) is 77.2 Å². The van der Waals surface area contributed by atoms with Crippen LogP contribution in [0.25, 0.3) is 22.3 Å². The molecule has 0 aliphatic rings. The predicted octanol–water partition coefficient (Wildman–Crippen LogP) is 5.32. The lowest BCUT2D eigenvalue weighted by Gasteiger charge is -2.19. The van der Waals surface area contributed by atoms with Gasteiger partial charge in [0.2, 0.25) is 5.28 Å². The fraction of sp³-hybridized carbons (Fsp3) is 0.240. The van der Waals surface area contributed by atoms with Crippen molar-refractivity contribution in [1.82, 2.24) is 19.3 Å². The van der Waals surface area contributed by atoms with E-state index in [1.165, 1.54) is 6.20 Å². The third-order valence-electron chi connectivity index (χ3n) is 5.10. The lowest BCUT2D eigenvalue weighted by atomic mass is 10.1. The van der Waals surface area contributed by atoms with Gasteiger partial charge in [-0.25, -0.2) is 22.2 Å². The van der Waals surface area contributed by atoms with Crippen LogP contribution < -0.4 is 5.32 Å². The smallest absolute Gasteiger partial charge is 0.407 e. The molecule has 0 atom stereocenters. The van der Waals surface area contributed by atoms with E-state index in [1.54, 1.807) is 51.1 Å². The molecular formula is C25H25ClN4O4S. The Morgan fingerprint density at radius 1 is 1.09 bits per heavy atom. The molecule has 2 aromatic carbocycles. The normalized spacial score (nSPS) is 12.0. The number of benzene rings is 2. The number of aromatic nitrogens is 3. The van der Waals surface area contributed by atoms with Gasteiger partial charge >= 0.3 is 6.09 Å². The van der Waals surface area contributed by atoms with Crippen molar-refractivity contribution in [2.45, 2.75) is 44.7 Å². The lowest BCUT2D eigenvalue weighted by Crippen LogP contribution is -2.32. The third kappa shape index (κ3) is 5.47. The van der Waals surface area contributed by atoms with Crippen molar-refractivity contribution in [3.63, 3.8) is 0 Å². The average Bonchev–Trinajstić information content (AvgIpc) is 3.21. The van der Waals surface area contributed by atoms with Gasteiger partial charge in [-0.2, -0.15) is 4.98 Å². The minimum atomic E-state index is -3.89.